The lowest BCUT2D eigenvalue weighted by Crippen LogP contribution is -2.25. The summed E-state index contributed by atoms with van der Waals surface area (Å²) >= 11 is 0. The maximum absolute atomic E-state index is 13.1. The van der Waals surface area contributed by atoms with Gasteiger partial charge in [-0.2, -0.15) is 31.3 Å². The van der Waals surface area contributed by atoms with Gasteiger partial charge >= 0.3 is 18.0 Å². The van der Waals surface area contributed by atoms with Gasteiger partial charge in [0.15, 0.2) is 0 Å². The molecule has 3 rings (SSSR count). The van der Waals surface area contributed by atoms with Gasteiger partial charge in [0.25, 0.3) is 0 Å². The first-order chi connectivity index (χ1) is 16.4. The van der Waals surface area contributed by atoms with Crippen LogP contribution < -0.4 is 16.4 Å². The number of anilines is 2. The Bertz CT molecular complexity index is 1010. The van der Waals surface area contributed by atoms with Crippen molar-refractivity contribution in [1.82, 2.24) is 9.97 Å². The van der Waals surface area contributed by atoms with Crippen molar-refractivity contribution in [2.75, 3.05) is 23.7 Å². The van der Waals surface area contributed by atoms with E-state index in [1.807, 2.05) is 0 Å². The fourth-order valence-corrected chi connectivity index (χ4v) is 3.94. The third-order valence-electron chi connectivity index (χ3n) is 5.92. The van der Waals surface area contributed by atoms with Gasteiger partial charge in [0, 0.05) is 13.1 Å². The van der Waals surface area contributed by atoms with Gasteiger partial charge in [-0.25, -0.2) is 4.98 Å². The Kier molecular flexibility index (Phi) is 8.03. The SMILES string of the molecule is NCC1CCC(CNc2nc(NCc3cc(C(F)(F)F)cc(C(F)(F)F)c3)ncc2[N+](=O)[O-])CC1. The van der Waals surface area contributed by atoms with Crippen LogP contribution in [0.2, 0.25) is 0 Å². The molecule has 0 spiro atoms. The second-order valence-electron chi connectivity index (χ2n) is 8.46. The van der Waals surface area contributed by atoms with E-state index in [1.165, 1.54) is 0 Å². The van der Waals surface area contributed by atoms with Crippen molar-refractivity contribution in [2.24, 2.45) is 17.6 Å². The van der Waals surface area contributed by atoms with Crippen molar-refractivity contribution in [1.29, 1.82) is 0 Å². The van der Waals surface area contributed by atoms with E-state index < -0.39 is 40.6 Å². The van der Waals surface area contributed by atoms with E-state index in [0.29, 0.717) is 31.1 Å². The molecule has 14 heteroatoms. The van der Waals surface area contributed by atoms with Crippen molar-refractivity contribution in [2.45, 2.75) is 44.6 Å². The van der Waals surface area contributed by atoms with Gasteiger partial charge in [-0.1, -0.05) is 0 Å². The van der Waals surface area contributed by atoms with Crippen LogP contribution in [0.3, 0.4) is 0 Å². The van der Waals surface area contributed by atoms with Gasteiger partial charge in [-0.3, -0.25) is 10.1 Å². The lowest BCUT2D eigenvalue weighted by atomic mass is 9.82. The second kappa shape index (κ2) is 10.6. The lowest BCUT2D eigenvalue weighted by molar-refractivity contribution is -0.384. The molecule has 1 saturated carbocycles. The fraction of sp³-hybridized carbons (Fsp3) is 0.524. The number of benzene rings is 1. The van der Waals surface area contributed by atoms with Crippen molar-refractivity contribution in [3.8, 4) is 0 Å². The monoisotopic (exact) mass is 506 g/mol. The van der Waals surface area contributed by atoms with Gasteiger partial charge in [0.1, 0.15) is 6.20 Å². The van der Waals surface area contributed by atoms with E-state index in [0.717, 1.165) is 31.9 Å². The molecule has 1 aliphatic carbocycles. The number of hydrogen-bond acceptors (Lipinski definition) is 7. The number of alkyl halides is 6. The Morgan fingerprint density at radius 3 is 2.06 bits per heavy atom. The van der Waals surface area contributed by atoms with E-state index in [9.17, 15) is 36.5 Å². The van der Waals surface area contributed by atoms with Gasteiger partial charge in [-0.15, -0.1) is 0 Å². The van der Waals surface area contributed by atoms with Crippen LogP contribution in [0.4, 0.5) is 43.8 Å². The predicted octanol–water partition coefficient (Wildman–Crippen LogP) is 5.21. The third kappa shape index (κ3) is 7.16. The highest BCUT2D eigenvalue weighted by Crippen LogP contribution is 2.36. The van der Waals surface area contributed by atoms with Crippen molar-refractivity contribution in [3.63, 3.8) is 0 Å². The van der Waals surface area contributed by atoms with E-state index in [4.69, 9.17) is 5.73 Å². The van der Waals surface area contributed by atoms with E-state index in [1.54, 1.807) is 0 Å². The molecule has 4 N–H and O–H groups in total. The summed E-state index contributed by atoms with van der Waals surface area (Å²) in [6, 6.07) is 1.21. The molecule has 0 aliphatic heterocycles. The first-order valence-electron chi connectivity index (χ1n) is 10.8. The summed E-state index contributed by atoms with van der Waals surface area (Å²) in [7, 11) is 0. The number of rotatable bonds is 8. The van der Waals surface area contributed by atoms with Crippen molar-refractivity contribution < 1.29 is 31.3 Å². The highest BCUT2D eigenvalue weighted by molar-refractivity contribution is 5.57. The maximum atomic E-state index is 13.1. The minimum atomic E-state index is -4.97. The van der Waals surface area contributed by atoms with E-state index in [2.05, 4.69) is 20.6 Å². The Hall–Kier alpha value is -3.16. The molecule has 2 aromatic rings. The Labute approximate surface area is 196 Å². The average Bonchev–Trinajstić information content (AvgIpc) is 2.80. The summed E-state index contributed by atoms with van der Waals surface area (Å²) in [5.41, 5.74) is 2.10. The predicted molar refractivity (Wildman–Crippen MR) is 115 cm³/mol. The van der Waals surface area contributed by atoms with Crippen LogP contribution in [-0.2, 0) is 18.9 Å². The van der Waals surface area contributed by atoms with E-state index in [-0.39, 0.29) is 29.3 Å². The van der Waals surface area contributed by atoms with Gasteiger partial charge in [-0.05, 0) is 67.8 Å². The molecule has 0 unspecified atom stereocenters. The van der Waals surface area contributed by atoms with Crippen LogP contribution in [0.25, 0.3) is 0 Å². The molecule has 35 heavy (non-hydrogen) atoms. The largest absolute Gasteiger partial charge is 0.416 e. The minimum Gasteiger partial charge on any atom is -0.364 e. The molecule has 0 atom stereocenters. The number of nitrogens with one attached hydrogen (secondary N) is 2. The quantitative estimate of drug-likeness (QED) is 0.255. The zero-order valence-electron chi connectivity index (χ0n) is 18.4. The Morgan fingerprint density at radius 1 is 0.971 bits per heavy atom. The molecule has 0 bridgehead atoms. The first kappa shape index (κ1) is 26.4. The highest BCUT2D eigenvalue weighted by Gasteiger charge is 2.36. The van der Waals surface area contributed by atoms with Gasteiger partial charge in [0.2, 0.25) is 11.8 Å². The molecule has 0 saturated heterocycles. The van der Waals surface area contributed by atoms with Crippen LogP contribution in [0.1, 0.15) is 42.4 Å². The van der Waals surface area contributed by atoms with Crippen LogP contribution in [0.5, 0.6) is 0 Å². The van der Waals surface area contributed by atoms with Crippen LogP contribution in [0, 0.1) is 22.0 Å². The Morgan fingerprint density at radius 2 is 1.54 bits per heavy atom. The fourth-order valence-electron chi connectivity index (χ4n) is 3.94. The number of hydrogen-bond donors (Lipinski definition) is 3. The topological polar surface area (TPSA) is 119 Å². The molecular formula is C21H24F6N6O2. The summed E-state index contributed by atoms with van der Waals surface area (Å²) in [6.07, 6.45) is -5.31. The number of nitro groups is 1. The maximum Gasteiger partial charge on any atom is 0.416 e. The number of aromatic nitrogens is 2. The van der Waals surface area contributed by atoms with Crippen LogP contribution in [0.15, 0.2) is 24.4 Å². The molecule has 1 heterocycles. The minimum absolute atomic E-state index is 0.0366. The first-order valence-corrected chi connectivity index (χ1v) is 10.8. The van der Waals surface area contributed by atoms with Gasteiger partial charge in [0.05, 0.1) is 16.1 Å². The standard InChI is InChI=1S/C21H24F6N6O2/c22-20(23,24)15-5-14(6-16(7-15)21(25,26)27)10-30-19-31-11-17(33(34)35)18(32-19)29-9-13-3-1-12(8-28)2-4-13/h5-7,11-13H,1-4,8-10,28H2,(H2,29,30,31,32). The number of nitrogens with two attached hydrogens (primary N) is 1. The molecule has 1 aromatic heterocycles. The smallest absolute Gasteiger partial charge is 0.364 e. The Balaban J connectivity index is 1.74. The second-order valence-corrected chi connectivity index (χ2v) is 8.46. The molecule has 0 radical (unpaired) electrons. The normalized spacial score (nSPS) is 18.8. The van der Waals surface area contributed by atoms with Crippen molar-refractivity contribution >= 4 is 17.5 Å². The summed E-state index contributed by atoms with van der Waals surface area (Å²) in [5.74, 6) is 0.447. The third-order valence-corrected chi connectivity index (χ3v) is 5.92. The summed E-state index contributed by atoms with van der Waals surface area (Å²) < 4.78 is 78.4. The highest BCUT2D eigenvalue weighted by atomic mass is 19.4. The summed E-state index contributed by atoms with van der Waals surface area (Å²) in [6.45, 7) is 0.563. The molecule has 1 aliphatic rings. The molecular weight excluding hydrogens is 482 g/mol. The zero-order valence-corrected chi connectivity index (χ0v) is 18.4. The molecule has 1 aromatic carbocycles. The van der Waals surface area contributed by atoms with E-state index >= 15 is 0 Å². The lowest BCUT2D eigenvalue weighted by Gasteiger charge is -2.27. The van der Waals surface area contributed by atoms with Crippen molar-refractivity contribution in [3.05, 3.63) is 51.2 Å². The molecule has 8 nitrogen and oxygen atoms in total. The number of halogens is 6. The average molecular weight is 506 g/mol. The van der Waals surface area contributed by atoms with Crippen LogP contribution in [-0.4, -0.2) is 28.0 Å². The van der Waals surface area contributed by atoms with Gasteiger partial charge < -0.3 is 16.4 Å². The molecule has 192 valence electrons. The number of nitrogens with zero attached hydrogens (tertiary/aromatic N) is 3. The molecule has 0 amide bonds. The van der Waals surface area contributed by atoms with Crippen LogP contribution >= 0.6 is 0 Å². The summed E-state index contributed by atoms with van der Waals surface area (Å²) in [4.78, 5) is 18.5. The molecule has 1 fully saturated rings. The zero-order chi connectivity index (χ0) is 25.8. The summed E-state index contributed by atoms with van der Waals surface area (Å²) in [5, 5.41) is 16.8.